The number of nitrogens with zero attached hydrogens (tertiary/aromatic N) is 3. The molecule has 0 fully saturated rings. The third-order valence-corrected chi connectivity index (χ3v) is 3.37. The number of hydrogen-bond acceptors (Lipinski definition) is 4. The molecule has 0 aliphatic carbocycles. The average molecular weight is 323 g/mol. The van der Waals surface area contributed by atoms with Gasteiger partial charge in [0.1, 0.15) is 16.0 Å². The van der Waals surface area contributed by atoms with Crippen LogP contribution in [-0.4, -0.2) is 19.9 Å². The Hall–Kier alpha value is -1.56. The van der Waals surface area contributed by atoms with Crippen molar-refractivity contribution in [2.75, 3.05) is 0 Å². The number of rotatable bonds is 3. The normalized spacial score (nSPS) is 11.0. The standard InChI is InChI=1S/C13H15BrN4O/c1-7(2)6-10-11(14)13(19)18-12(17-10)9-4-5-15-8(3)16-9/h4-5,7H,6H2,1-3H3,(H,17,18,19). The van der Waals surface area contributed by atoms with Crippen molar-refractivity contribution in [2.24, 2.45) is 5.92 Å². The minimum absolute atomic E-state index is 0.183. The number of aromatic amines is 1. The Morgan fingerprint density at radius 2 is 2.11 bits per heavy atom. The van der Waals surface area contributed by atoms with Crippen LogP contribution in [0.25, 0.3) is 11.5 Å². The van der Waals surface area contributed by atoms with Gasteiger partial charge in [0.25, 0.3) is 5.56 Å². The van der Waals surface area contributed by atoms with Crippen LogP contribution in [0.1, 0.15) is 25.4 Å². The second-order valence-electron chi connectivity index (χ2n) is 4.76. The predicted molar refractivity (Wildman–Crippen MR) is 76.9 cm³/mol. The van der Waals surface area contributed by atoms with Crippen LogP contribution >= 0.6 is 15.9 Å². The predicted octanol–water partition coefficient (Wildman–Crippen LogP) is 2.50. The van der Waals surface area contributed by atoms with Gasteiger partial charge in [0.15, 0.2) is 5.82 Å². The van der Waals surface area contributed by atoms with E-state index in [2.05, 4.69) is 49.7 Å². The minimum atomic E-state index is -0.183. The second kappa shape index (κ2) is 5.61. The molecule has 2 rings (SSSR count). The Kier molecular flexibility index (Phi) is 4.09. The van der Waals surface area contributed by atoms with E-state index in [1.54, 1.807) is 19.2 Å². The van der Waals surface area contributed by atoms with E-state index in [1.165, 1.54) is 0 Å². The monoisotopic (exact) mass is 322 g/mol. The van der Waals surface area contributed by atoms with E-state index in [9.17, 15) is 4.79 Å². The number of aryl methyl sites for hydroxylation is 1. The summed E-state index contributed by atoms with van der Waals surface area (Å²) in [5.74, 6) is 1.55. The molecular weight excluding hydrogens is 308 g/mol. The van der Waals surface area contributed by atoms with Crippen LogP contribution in [0.3, 0.4) is 0 Å². The molecule has 0 spiro atoms. The molecule has 2 aromatic heterocycles. The van der Waals surface area contributed by atoms with Gasteiger partial charge in [0, 0.05) is 6.20 Å². The molecule has 2 heterocycles. The van der Waals surface area contributed by atoms with E-state index in [-0.39, 0.29) is 5.56 Å². The van der Waals surface area contributed by atoms with E-state index in [4.69, 9.17) is 0 Å². The van der Waals surface area contributed by atoms with Crippen LogP contribution in [0.5, 0.6) is 0 Å². The van der Waals surface area contributed by atoms with Gasteiger partial charge in [0.05, 0.1) is 5.69 Å². The highest BCUT2D eigenvalue weighted by molar-refractivity contribution is 9.10. The van der Waals surface area contributed by atoms with E-state index in [1.807, 2.05) is 0 Å². The highest BCUT2D eigenvalue weighted by atomic mass is 79.9. The Morgan fingerprint density at radius 3 is 2.74 bits per heavy atom. The quantitative estimate of drug-likeness (QED) is 0.942. The molecule has 0 saturated heterocycles. The van der Waals surface area contributed by atoms with Crippen molar-refractivity contribution in [3.8, 4) is 11.5 Å². The van der Waals surface area contributed by atoms with Gasteiger partial charge in [-0.2, -0.15) is 0 Å². The van der Waals surface area contributed by atoms with Crippen LogP contribution in [-0.2, 0) is 6.42 Å². The maximum Gasteiger partial charge on any atom is 0.265 e. The highest BCUT2D eigenvalue weighted by Gasteiger charge is 2.12. The lowest BCUT2D eigenvalue weighted by Gasteiger charge is -2.08. The smallest absolute Gasteiger partial charge is 0.265 e. The fourth-order valence-electron chi connectivity index (χ4n) is 1.74. The molecule has 0 radical (unpaired) electrons. The zero-order chi connectivity index (χ0) is 14.0. The fourth-order valence-corrected chi connectivity index (χ4v) is 2.09. The first-order valence-electron chi connectivity index (χ1n) is 6.06. The van der Waals surface area contributed by atoms with E-state index in [0.717, 1.165) is 12.1 Å². The first kappa shape index (κ1) is 13.9. The highest BCUT2D eigenvalue weighted by Crippen LogP contribution is 2.17. The van der Waals surface area contributed by atoms with Crippen molar-refractivity contribution in [3.63, 3.8) is 0 Å². The van der Waals surface area contributed by atoms with Gasteiger partial charge in [-0.25, -0.2) is 15.0 Å². The van der Waals surface area contributed by atoms with E-state index >= 15 is 0 Å². The molecule has 0 amide bonds. The molecule has 6 heteroatoms. The van der Waals surface area contributed by atoms with Crippen molar-refractivity contribution in [1.29, 1.82) is 0 Å². The maximum atomic E-state index is 11.9. The molecule has 0 bridgehead atoms. The topological polar surface area (TPSA) is 71.5 Å². The summed E-state index contributed by atoms with van der Waals surface area (Å²) in [6.45, 7) is 5.98. The summed E-state index contributed by atoms with van der Waals surface area (Å²) in [4.78, 5) is 27.4. The molecule has 2 aromatic rings. The molecule has 19 heavy (non-hydrogen) atoms. The van der Waals surface area contributed by atoms with Crippen LogP contribution in [0, 0.1) is 12.8 Å². The van der Waals surface area contributed by atoms with Gasteiger partial charge in [-0.05, 0) is 41.3 Å². The summed E-state index contributed by atoms with van der Waals surface area (Å²) in [5, 5.41) is 0. The average Bonchev–Trinajstić information content (AvgIpc) is 2.34. The number of aromatic nitrogens is 4. The summed E-state index contributed by atoms with van der Waals surface area (Å²) in [7, 11) is 0. The van der Waals surface area contributed by atoms with Gasteiger partial charge in [-0.3, -0.25) is 4.79 Å². The molecule has 100 valence electrons. The van der Waals surface area contributed by atoms with Gasteiger partial charge in [0.2, 0.25) is 0 Å². The van der Waals surface area contributed by atoms with Crippen molar-refractivity contribution in [3.05, 3.63) is 38.6 Å². The Bertz CT molecular complexity index is 651. The lowest BCUT2D eigenvalue weighted by molar-refractivity contribution is 0.631. The van der Waals surface area contributed by atoms with Crippen molar-refractivity contribution >= 4 is 15.9 Å². The van der Waals surface area contributed by atoms with Crippen LogP contribution in [0.4, 0.5) is 0 Å². The molecule has 0 atom stereocenters. The lowest BCUT2D eigenvalue weighted by atomic mass is 10.1. The zero-order valence-electron chi connectivity index (χ0n) is 11.1. The van der Waals surface area contributed by atoms with Crippen molar-refractivity contribution < 1.29 is 0 Å². The Balaban J connectivity index is 2.53. The molecule has 0 aromatic carbocycles. The summed E-state index contributed by atoms with van der Waals surface area (Å²) in [6, 6.07) is 1.73. The maximum absolute atomic E-state index is 11.9. The van der Waals surface area contributed by atoms with Crippen molar-refractivity contribution in [2.45, 2.75) is 27.2 Å². The molecule has 0 saturated carbocycles. The minimum Gasteiger partial charge on any atom is -0.304 e. The van der Waals surface area contributed by atoms with E-state index < -0.39 is 0 Å². The number of hydrogen-bond donors (Lipinski definition) is 1. The summed E-state index contributed by atoms with van der Waals surface area (Å²) in [6.07, 6.45) is 2.39. The third kappa shape index (κ3) is 3.26. The van der Waals surface area contributed by atoms with Gasteiger partial charge < -0.3 is 4.98 Å². The Morgan fingerprint density at radius 1 is 1.37 bits per heavy atom. The number of halogens is 1. The molecule has 5 nitrogen and oxygen atoms in total. The van der Waals surface area contributed by atoms with Gasteiger partial charge in [-0.15, -0.1) is 0 Å². The number of nitrogens with one attached hydrogen (secondary N) is 1. The van der Waals surface area contributed by atoms with Crippen LogP contribution in [0.2, 0.25) is 0 Å². The zero-order valence-corrected chi connectivity index (χ0v) is 12.7. The summed E-state index contributed by atoms with van der Waals surface area (Å²) in [5.41, 5.74) is 1.20. The SMILES string of the molecule is Cc1nccc(-c2nc(CC(C)C)c(Br)c(=O)[nH]2)n1. The molecule has 0 unspecified atom stereocenters. The lowest BCUT2D eigenvalue weighted by Crippen LogP contribution is -2.15. The molecule has 0 aliphatic rings. The molecule has 0 aliphatic heterocycles. The van der Waals surface area contributed by atoms with Crippen molar-refractivity contribution in [1.82, 2.24) is 19.9 Å². The van der Waals surface area contributed by atoms with Gasteiger partial charge >= 0.3 is 0 Å². The largest absolute Gasteiger partial charge is 0.304 e. The fraction of sp³-hybridized carbons (Fsp3) is 0.385. The first-order chi connectivity index (χ1) is 8.97. The summed E-state index contributed by atoms with van der Waals surface area (Å²) >= 11 is 3.29. The second-order valence-corrected chi connectivity index (χ2v) is 5.56. The molecular formula is C13H15BrN4O. The van der Waals surface area contributed by atoms with E-state index in [0.29, 0.717) is 27.7 Å². The van der Waals surface area contributed by atoms with Gasteiger partial charge in [-0.1, -0.05) is 13.8 Å². The molecule has 1 N–H and O–H groups in total. The Labute approximate surface area is 119 Å². The van der Waals surface area contributed by atoms with Crippen LogP contribution < -0.4 is 5.56 Å². The third-order valence-electron chi connectivity index (χ3n) is 2.55. The first-order valence-corrected chi connectivity index (χ1v) is 6.85. The number of H-pyrrole nitrogens is 1. The summed E-state index contributed by atoms with van der Waals surface area (Å²) < 4.78 is 0.496. The van der Waals surface area contributed by atoms with Crippen LogP contribution in [0.15, 0.2) is 21.5 Å².